The second-order valence-electron chi connectivity index (χ2n) is 3.90. The zero-order valence-corrected chi connectivity index (χ0v) is 12.4. The molecule has 0 spiro atoms. The molecule has 0 saturated carbocycles. The summed E-state index contributed by atoms with van der Waals surface area (Å²) in [7, 11) is -3.67. The van der Waals surface area contributed by atoms with E-state index >= 15 is 0 Å². The smallest absolute Gasteiger partial charge is 0.242 e. The van der Waals surface area contributed by atoms with E-state index in [-0.39, 0.29) is 21.8 Å². The van der Waals surface area contributed by atoms with Crippen molar-refractivity contribution in [1.82, 2.24) is 9.71 Å². The van der Waals surface area contributed by atoms with Crippen molar-refractivity contribution in [3.8, 4) is 0 Å². The summed E-state index contributed by atoms with van der Waals surface area (Å²) in [5.41, 5.74) is 5.45. The largest absolute Gasteiger partial charge is 0.382 e. The predicted molar refractivity (Wildman–Crippen MR) is 76.7 cm³/mol. The van der Waals surface area contributed by atoms with Crippen LogP contribution in [0.2, 0.25) is 5.02 Å². The molecule has 0 aliphatic carbocycles. The highest BCUT2D eigenvalue weighted by atomic mass is 35.5. The normalized spacial score (nSPS) is 13.4. The van der Waals surface area contributed by atoms with E-state index in [9.17, 15) is 8.42 Å². The molecule has 0 fully saturated rings. The van der Waals surface area contributed by atoms with Crippen LogP contribution in [0, 0.1) is 0 Å². The summed E-state index contributed by atoms with van der Waals surface area (Å²) in [6, 6.07) is 4.70. The van der Waals surface area contributed by atoms with Crippen LogP contribution in [0.25, 0.3) is 0 Å². The van der Waals surface area contributed by atoms with E-state index in [2.05, 4.69) is 9.71 Å². The topological polar surface area (TPSA) is 85.1 Å². The van der Waals surface area contributed by atoms with Crippen LogP contribution in [0.4, 0.5) is 5.82 Å². The fourth-order valence-electron chi connectivity index (χ4n) is 1.47. The minimum absolute atomic E-state index is 0.00453. The lowest BCUT2D eigenvalue weighted by molar-refractivity contribution is 0.568. The third-order valence-electron chi connectivity index (χ3n) is 2.46. The third kappa shape index (κ3) is 3.24. The Bertz CT molecular complexity index is 671. The van der Waals surface area contributed by atoms with Crippen molar-refractivity contribution in [3.05, 3.63) is 39.7 Å². The lowest BCUT2D eigenvalue weighted by Gasteiger charge is -2.13. The number of halogens is 1. The average molecular weight is 318 g/mol. The molecule has 0 aromatic carbocycles. The molecule has 2 aromatic rings. The molecule has 2 rings (SSSR count). The van der Waals surface area contributed by atoms with E-state index in [0.717, 1.165) is 4.88 Å². The lowest BCUT2D eigenvalue weighted by atomic mass is 10.3. The van der Waals surface area contributed by atoms with Crippen molar-refractivity contribution in [2.24, 2.45) is 0 Å². The first-order valence-electron chi connectivity index (χ1n) is 5.37. The Hall–Kier alpha value is -1.15. The molecular formula is C11H12ClN3O2S2. The fourth-order valence-corrected chi connectivity index (χ4v) is 3.71. The van der Waals surface area contributed by atoms with Gasteiger partial charge in [0.25, 0.3) is 0 Å². The molecule has 0 radical (unpaired) electrons. The second-order valence-corrected chi connectivity index (χ2v) is 7.00. The van der Waals surface area contributed by atoms with Gasteiger partial charge in [-0.05, 0) is 24.4 Å². The standard InChI is InChI=1S/C11H12ClN3O2S2/c1-7(10-3-2-4-18-10)15-19(16,17)8-5-9(12)11(13)14-6-8/h2-7,15H,1H3,(H2,13,14). The van der Waals surface area contributed by atoms with E-state index in [0.29, 0.717) is 0 Å². The Labute approximate surface area is 120 Å². The van der Waals surface area contributed by atoms with Crippen LogP contribution in [-0.2, 0) is 10.0 Å². The maximum absolute atomic E-state index is 12.2. The highest BCUT2D eigenvalue weighted by Gasteiger charge is 2.20. The molecule has 2 heterocycles. The number of sulfonamides is 1. The average Bonchev–Trinajstić information content (AvgIpc) is 2.85. The van der Waals surface area contributed by atoms with Gasteiger partial charge >= 0.3 is 0 Å². The molecular weight excluding hydrogens is 306 g/mol. The number of thiophene rings is 1. The number of rotatable bonds is 4. The summed E-state index contributed by atoms with van der Waals surface area (Å²) in [6.45, 7) is 1.77. The summed E-state index contributed by atoms with van der Waals surface area (Å²) in [6.07, 6.45) is 1.19. The van der Waals surface area contributed by atoms with Crippen LogP contribution >= 0.6 is 22.9 Å². The Kier molecular flexibility index (Phi) is 4.10. The van der Waals surface area contributed by atoms with E-state index < -0.39 is 10.0 Å². The molecule has 0 saturated heterocycles. The van der Waals surface area contributed by atoms with Gasteiger partial charge in [-0.3, -0.25) is 0 Å². The second kappa shape index (κ2) is 5.46. The monoisotopic (exact) mass is 317 g/mol. The van der Waals surface area contributed by atoms with Gasteiger partial charge in [0.2, 0.25) is 10.0 Å². The molecule has 5 nitrogen and oxygen atoms in total. The van der Waals surface area contributed by atoms with Gasteiger partial charge < -0.3 is 5.73 Å². The molecule has 102 valence electrons. The lowest BCUT2D eigenvalue weighted by Crippen LogP contribution is -2.26. The maximum Gasteiger partial charge on any atom is 0.242 e. The van der Waals surface area contributed by atoms with Crippen molar-refractivity contribution in [2.75, 3.05) is 5.73 Å². The predicted octanol–water partition coefficient (Wildman–Crippen LogP) is 2.42. The molecule has 0 amide bonds. The first-order valence-corrected chi connectivity index (χ1v) is 8.11. The Morgan fingerprint density at radius 3 is 2.84 bits per heavy atom. The van der Waals surface area contributed by atoms with E-state index in [4.69, 9.17) is 17.3 Å². The van der Waals surface area contributed by atoms with Gasteiger partial charge in [-0.1, -0.05) is 17.7 Å². The van der Waals surface area contributed by atoms with E-state index in [1.165, 1.54) is 23.6 Å². The third-order valence-corrected chi connectivity index (χ3v) is 5.32. The van der Waals surface area contributed by atoms with Gasteiger partial charge in [0, 0.05) is 11.1 Å². The molecule has 0 aliphatic heterocycles. The summed E-state index contributed by atoms with van der Waals surface area (Å²) in [5.74, 6) is 0.104. The minimum Gasteiger partial charge on any atom is -0.382 e. The molecule has 8 heteroatoms. The number of nitrogens with zero attached hydrogens (tertiary/aromatic N) is 1. The minimum atomic E-state index is -3.67. The molecule has 19 heavy (non-hydrogen) atoms. The van der Waals surface area contributed by atoms with Gasteiger partial charge in [0.05, 0.1) is 11.1 Å². The van der Waals surface area contributed by atoms with Crippen LogP contribution < -0.4 is 10.5 Å². The highest BCUT2D eigenvalue weighted by molar-refractivity contribution is 7.89. The highest BCUT2D eigenvalue weighted by Crippen LogP contribution is 2.23. The number of nitrogens with one attached hydrogen (secondary N) is 1. The van der Waals surface area contributed by atoms with Crippen LogP contribution in [0.3, 0.4) is 0 Å². The molecule has 2 aromatic heterocycles. The number of hydrogen-bond donors (Lipinski definition) is 2. The van der Waals surface area contributed by atoms with E-state index in [1.54, 1.807) is 6.92 Å². The van der Waals surface area contributed by atoms with Crippen LogP contribution in [0.1, 0.15) is 17.8 Å². The van der Waals surface area contributed by atoms with Crippen LogP contribution in [0.5, 0.6) is 0 Å². The number of anilines is 1. The van der Waals surface area contributed by atoms with Crippen molar-refractivity contribution >= 4 is 38.8 Å². The van der Waals surface area contributed by atoms with Gasteiger partial charge in [-0.25, -0.2) is 18.1 Å². The first kappa shape index (κ1) is 14.3. The number of nitrogen functional groups attached to an aromatic ring is 1. The SMILES string of the molecule is CC(NS(=O)(=O)c1cnc(N)c(Cl)c1)c1cccs1. The zero-order valence-electron chi connectivity index (χ0n) is 10.00. The van der Waals surface area contributed by atoms with Gasteiger partial charge in [-0.15, -0.1) is 11.3 Å². The maximum atomic E-state index is 12.2. The van der Waals surface area contributed by atoms with Crippen LogP contribution in [0.15, 0.2) is 34.7 Å². The van der Waals surface area contributed by atoms with Gasteiger partial charge in [0.1, 0.15) is 10.7 Å². The molecule has 0 bridgehead atoms. The molecule has 1 atom stereocenters. The Morgan fingerprint density at radius 2 is 2.26 bits per heavy atom. The fraction of sp³-hybridized carbons (Fsp3) is 0.182. The number of aromatic nitrogens is 1. The Balaban J connectivity index is 2.25. The number of pyridine rings is 1. The van der Waals surface area contributed by atoms with Crippen molar-refractivity contribution in [3.63, 3.8) is 0 Å². The Morgan fingerprint density at radius 1 is 1.53 bits per heavy atom. The molecule has 3 N–H and O–H groups in total. The summed E-state index contributed by atoms with van der Waals surface area (Å²) < 4.78 is 26.9. The first-order chi connectivity index (χ1) is 8.90. The van der Waals surface area contributed by atoms with Crippen molar-refractivity contribution in [2.45, 2.75) is 17.9 Å². The zero-order chi connectivity index (χ0) is 14.0. The summed E-state index contributed by atoms with van der Waals surface area (Å²) in [4.78, 5) is 4.67. The summed E-state index contributed by atoms with van der Waals surface area (Å²) in [5, 5.41) is 2.01. The van der Waals surface area contributed by atoms with Crippen LogP contribution in [-0.4, -0.2) is 13.4 Å². The van der Waals surface area contributed by atoms with Crippen molar-refractivity contribution in [1.29, 1.82) is 0 Å². The summed E-state index contributed by atoms with van der Waals surface area (Å²) >= 11 is 7.26. The van der Waals surface area contributed by atoms with Crippen molar-refractivity contribution < 1.29 is 8.42 Å². The van der Waals surface area contributed by atoms with Gasteiger partial charge in [-0.2, -0.15) is 0 Å². The molecule has 0 aliphatic rings. The quantitative estimate of drug-likeness (QED) is 0.907. The van der Waals surface area contributed by atoms with Gasteiger partial charge in [0.15, 0.2) is 0 Å². The van der Waals surface area contributed by atoms with E-state index in [1.807, 2.05) is 17.5 Å². The number of nitrogens with two attached hydrogens (primary N) is 1. The molecule has 1 unspecified atom stereocenters. The number of hydrogen-bond acceptors (Lipinski definition) is 5.